The molecular formula is C25H44O. The topological polar surface area (TPSA) is 20.2 Å². The van der Waals surface area contributed by atoms with Gasteiger partial charge in [-0.25, -0.2) is 0 Å². The van der Waals surface area contributed by atoms with Crippen LogP contribution in [-0.4, -0.2) is 11.7 Å². The van der Waals surface area contributed by atoms with E-state index >= 15 is 0 Å². The van der Waals surface area contributed by atoms with E-state index in [1.807, 2.05) is 0 Å². The van der Waals surface area contributed by atoms with Crippen LogP contribution in [0.5, 0.6) is 0 Å². The molecule has 1 nitrogen and oxygen atoms in total. The monoisotopic (exact) mass is 360 g/mol. The van der Waals surface area contributed by atoms with Gasteiger partial charge in [-0.2, -0.15) is 0 Å². The van der Waals surface area contributed by atoms with Gasteiger partial charge < -0.3 is 5.11 Å². The van der Waals surface area contributed by atoms with Gasteiger partial charge in [-0.3, -0.25) is 0 Å². The summed E-state index contributed by atoms with van der Waals surface area (Å²) in [6, 6.07) is 7.29. The van der Waals surface area contributed by atoms with Crippen LogP contribution in [0.3, 0.4) is 0 Å². The van der Waals surface area contributed by atoms with Crippen LogP contribution in [0.2, 0.25) is 0 Å². The molecule has 0 saturated heterocycles. The van der Waals surface area contributed by atoms with E-state index in [9.17, 15) is 0 Å². The van der Waals surface area contributed by atoms with Crippen molar-refractivity contribution in [1.82, 2.24) is 0 Å². The number of aliphatic hydroxyl groups is 1. The van der Waals surface area contributed by atoms with E-state index in [-0.39, 0.29) is 21.7 Å². The number of benzene rings is 1. The first-order valence-electron chi connectivity index (χ1n) is 10.4. The summed E-state index contributed by atoms with van der Waals surface area (Å²) < 4.78 is 0. The molecule has 150 valence electrons. The van der Waals surface area contributed by atoms with Crippen LogP contribution in [0.4, 0.5) is 0 Å². The fourth-order valence-corrected chi connectivity index (χ4v) is 3.36. The lowest BCUT2D eigenvalue weighted by Crippen LogP contribution is -2.25. The Morgan fingerprint density at radius 3 is 1.42 bits per heavy atom. The van der Waals surface area contributed by atoms with Gasteiger partial charge in [0.15, 0.2) is 0 Å². The van der Waals surface area contributed by atoms with E-state index in [1.165, 1.54) is 29.5 Å². The molecule has 1 rings (SSSR count). The minimum atomic E-state index is 0.151. The normalized spacial score (nSPS) is 14.0. The van der Waals surface area contributed by atoms with E-state index in [0.29, 0.717) is 6.61 Å². The van der Waals surface area contributed by atoms with Crippen LogP contribution in [0.15, 0.2) is 18.2 Å². The highest BCUT2D eigenvalue weighted by molar-refractivity contribution is 5.40. The number of aliphatic hydroxyl groups excluding tert-OH is 1. The lowest BCUT2D eigenvalue weighted by molar-refractivity contribution is 0.218. The molecule has 0 aliphatic carbocycles. The number of hydrogen-bond acceptors (Lipinski definition) is 1. The summed E-state index contributed by atoms with van der Waals surface area (Å²) in [5.41, 5.74) is 5.10. The van der Waals surface area contributed by atoms with Crippen LogP contribution < -0.4 is 0 Å². The first-order valence-corrected chi connectivity index (χ1v) is 10.4. The molecule has 0 bridgehead atoms. The Labute approximate surface area is 163 Å². The van der Waals surface area contributed by atoms with Crippen molar-refractivity contribution in [2.75, 3.05) is 6.61 Å². The van der Waals surface area contributed by atoms with E-state index in [2.05, 4.69) is 87.4 Å². The predicted molar refractivity (Wildman–Crippen MR) is 116 cm³/mol. The Bertz CT molecular complexity index is 547. The van der Waals surface area contributed by atoms with Crippen molar-refractivity contribution in [3.8, 4) is 0 Å². The fraction of sp³-hybridized carbons (Fsp3) is 0.760. The molecule has 1 N–H and O–H groups in total. The zero-order chi connectivity index (χ0) is 20.4. The fourth-order valence-electron chi connectivity index (χ4n) is 3.36. The smallest absolute Gasteiger partial charge is 0.0431 e. The van der Waals surface area contributed by atoms with Crippen molar-refractivity contribution in [1.29, 1.82) is 0 Å². The summed E-state index contributed by atoms with van der Waals surface area (Å²) in [7, 11) is 0. The molecule has 0 heterocycles. The summed E-state index contributed by atoms with van der Waals surface area (Å²) in [5.74, 6) is 0. The van der Waals surface area contributed by atoms with Gasteiger partial charge in [0.1, 0.15) is 0 Å². The maximum atomic E-state index is 9.15. The second-order valence-electron chi connectivity index (χ2n) is 11.7. The van der Waals surface area contributed by atoms with E-state index in [4.69, 9.17) is 5.11 Å². The van der Waals surface area contributed by atoms with E-state index in [0.717, 1.165) is 12.8 Å². The molecule has 1 heteroatoms. The molecule has 26 heavy (non-hydrogen) atoms. The van der Waals surface area contributed by atoms with Gasteiger partial charge in [0.05, 0.1) is 0 Å². The molecule has 0 spiro atoms. The molecule has 0 saturated carbocycles. The summed E-state index contributed by atoms with van der Waals surface area (Å²) >= 11 is 0. The summed E-state index contributed by atoms with van der Waals surface area (Å²) in [4.78, 5) is 0. The zero-order valence-corrected chi connectivity index (χ0v) is 19.2. The van der Waals surface area contributed by atoms with Crippen LogP contribution >= 0.6 is 0 Å². The molecule has 0 fully saturated rings. The van der Waals surface area contributed by atoms with Gasteiger partial charge in [0.2, 0.25) is 0 Å². The van der Waals surface area contributed by atoms with Gasteiger partial charge in [-0.1, -0.05) is 87.4 Å². The van der Waals surface area contributed by atoms with Gasteiger partial charge in [0, 0.05) is 6.61 Å². The highest BCUT2D eigenvalue weighted by Crippen LogP contribution is 2.39. The third-order valence-corrected chi connectivity index (χ3v) is 5.88. The van der Waals surface area contributed by atoms with Crippen molar-refractivity contribution < 1.29 is 5.11 Å². The second-order valence-corrected chi connectivity index (χ2v) is 11.7. The van der Waals surface area contributed by atoms with E-state index in [1.54, 1.807) is 0 Å². The highest BCUT2D eigenvalue weighted by Gasteiger charge is 2.29. The molecule has 0 radical (unpaired) electrons. The Kier molecular flexibility index (Phi) is 7.19. The standard InChI is InChI=1S/C25H44O/c1-22(2,3)19-16-20(23(4,5)6)18-21(17-19)25(9,10)14-13-24(7,8)12-11-15-26/h16-18,26H,11-15H2,1-10H3. The van der Waals surface area contributed by atoms with Crippen molar-refractivity contribution >= 4 is 0 Å². The van der Waals surface area contributed by atoms with Gasteiger partial charge in [0.25, 0.3) is 0 Å². The molecule has 1 aromatic rings. The molecule has 0 atom stereocenters. The Hall–Kier alpha value is -0.820. The van der Waals surface area contributed by atoms with Crippen LogP contribution in [-0.2, 0) is 16.2 Å². The molecule has 0 unspecified atom stereocenters. The lowest BCUT2D eigenvalue weighted by Gasteiger charge is -2.34. The van der Waals surface area contributed by atoms with Gasteiger partial charge >= 0.3 is 0 Å². The molecule has 1 aromatic carbocycles. The summed E-state index contributed by atoms with van der Waals surface area (Å²) in [6.45, 7) is 23.6. The molecule has 0 aromatic heterocycles. The zero-order valence-electron chi connectivity index (χ0n) is 19.2. The van der Waals surface area contributed by atoms with Crippen LogP contribution in [0.25, 0.3) is 0 Å². The van der Waals surface area contributed by atoms with Gasteiger partial charge in [-0.15, -0.1) is 0 Å². The summed E-state index contributed by atoms with van der Waals surface area (Å²) in [5, 5.41) is 9.15. The summed E-state index contributed by atoms with van der Waals surface area (Å²) in [6.07, 6.45) is 4.35. The number of rotatable bonds is 7. The quantitative estimate of drug-likeness (QED) is 0.548. The molecular weight excluding hydrogens is 316 g/mol. The Balaban J connectivity index is 3.18. The largest absolute Gasteiger partial charge is 0.396 e. The third kappa shape index (κ3) is 6.72. The number of hydrogen-bond donors (Lipinski definition) is 1. The minimum Gasteiger partial charge on any atom is -0.396 e. The van der Waals surface area contributed by atoms with Crippen molar-refractivity contribution in [3.63, 3.8) is 0 Å². The first-order chi connectivity index (χ1) is 11.6. The average molecular weight is 361 g/mol. The van der Waals surface area contributed by atoms with Gasteiger partial charge in [-0.05, 0) is 64.0 Å². The minimum absolute atomic E-state index is 0.151. The SMILES string of the molecule is CC(C)(CCCO)CCC(C)(C)c1cc(C(C)(C)C)cc(C(C)(C)C)c1. The average Bonchev–Trinajstić information content (AvgIpc) is 2.49. The molecule has 0 aliphatic heterocycles. The predicted octanol–water partition coefficient (Wildman–Crippen LogP) is 7.14. The van der Waals surface area contributed by atoms with Crippen LogP contribution in [0, 0.1) is 5.41 Å². The van der Waals surface area contributed by atoms with Crippen molar-refractivity contribution in [2.45, 2.75) is 111 Å². The first kappa shape index (κ1) is 23.2. The maximum Gasteiger partial charge on any atom is 0.0431 e. The lowest BCUT2D eigenvalue weighted by atomic mass is 9.71. The maximum absolute atomic E-state index is 9.15. The van der Waals surface area contributed by atoms with Crippen molar-refractivity contribution in [3.05, 3.63) is 34.9 Å². The van der Waals surface area contributed by atoms with E-state index < -0.39 is 0 Å². The molecule has 0 amide bonds. The third-order valence-electron chi connectivity index (χ3n) is 5.88. The van der Waals surface area contributed by atoms with Crippen molar-refractivity contribution in [2.24, 2.45) is 5.41 Å². The Morgan fingerprint density at radius 1 is 0.615 bits per heavy atom. The second kappa shape index (κ2) is 8.05. The molecule has 0 aliphatic rings. The highest BCUT2D eigenvalue weighted by atomic mass is 16.2. The van der Waals surface area contributed by atoms with Crippen LogP contribution in [0.1, 0.15) is 112 Å². The Morgan fingerprint density at radius 2 is 1.04 bits per heavy atom.